The number of morpholine rings is 1. The molecule has 0 amide bonds. The molecular formula is C14H26N2O3. The summed E-state index contributed by atoms with van der Waals surface area (Å²) in [7, 11) is 1.42. The highest BCUT2D eigenvalue weighted by Gasteiger charge is 2.27. The Morgan fingerprint density at radius 3 is 2.63 bits per heavy atom. The van der Waals surface area contributed by atoms with Gasteiger partial charge in [0.2, 0.25) is 0 Å². The Bertz CT molecular complexity index is 280. The van der Waals surface area contributed by atoms with Gasteiger partial charge >= 0.3 is 5.97 Å². The van der Waals surface area contributed by atoms with Crippen LogP contribution in [0.1, 0.15) is 25.7 Å². The van der Waals surface area contributed by atoms with Crippen LogP contribution in [-0.2, 0) is 14.3 Å². The zero-order valence-corrected chi connectivity index (χ0v) is 12.0. The molecule has 0 aromatic rings. The summed E-state index contributed by atoms with van der Waals surface area (Å²) in [6.45, 7) is 6.97. The zero-order valence-electron chi connectivity index (χ0n) is 12.0. The number of ether oxygens (including phenoxy) is 2. The lowest BCUT2D eigenvalue weighted by Gasteiger charge is -2.32. The second-order valence-electron chi connectivity index (χ2n) is 5.44. The summed E-state index contributed by atoms with van der Waals surface area (Å²) >= 11 is 0. The fourth-order valence-electron chi connectivity index (χ4n) is 2.88. The molecule has 0 N–H and O–H groups in total. The SMILES string of the molecule is COC(=O)C1CN(CCCN2CCCCC2)CCO1. The molecule has 110 valence electrons. The Morgan fingerprint density at radius 2 is 1.89 bits per heavy atom. The number of nitrogens with zero attached hydrogens (tertiary/aromatic N) is 2. The van der Waals surface area contributed by atoms with E-state index in [9.17, 15) is 4.79 Å². The Hall–Kier alpha value is -0.650. The summed E-state index contributed by atoms with van der Waals surface area (Å²) in [4.78, 5) is 16.3. The van der Waals surface area contributed by atoms with Gasteiger partial charge in [-0.05, 0) is 45.4 Å². The van der Waals surface area contributed by atoms with Crippen LogP contribution in [0, 0.1) is 0 Å². The third kappa shape index (κ3) is 4.75. The number of carbonyl (C=O) groups excluding carboxylic acids is 1. The highest BCUT2D eigenvalue weighted by molar-refractivity contribution is 5.74. The molecule has 0 saturated carbocycles. The molecule has 2 rings (SSSR count). The van der Waals surface area contributed by atoms with Gasteiger partial charge in [0.15, 0.2) is 6.10 Å². The van der Waals surface area contributed by atoms with Crippen LogP contribution in [0.2, 0.25) is 0 Å². The molecule has 2 aliphatic heterocycles. The quantitative estimate of drug-likeness (QED) is 0.689. The summed E-state index contributed by atoms with van der Waals surface area (Å²) in [6, 6.07) is 0. The normalized spacial score (nSPS) is 26.3. The Kier molecular flexibility index (Phi) is 6.07. The molecule has 2 saturated heterocycles. The van der Waals surface area contributed by atoms with Crippen LogP contribution < -0.4 is 0 Å². The first-order chi connectivity index (χ1) is 9.29. The monoisotopic (exact) mass is 270 g/mol. The van der Waals surface area contributed by atoms with Crippen LogP contribution in [0.15, 0.2) is 0 Å². The lowest BCUT2D eigenvalue weighted by molar-refractivity contribution is -0.159. The molecule has 0 radical (unpaired) electrons. The van der Waals surface area contributed by atoms with Crippen molar-refractivity contribution in [3.05, 3.63) is 0 Å². The third-order valence-corrected chi connectivity index (χ3v) is 4.01. The molecule has 0 aromatic heterocycles. The van der Waals surface area contributed by atoms with Gasteiger partial charge in [-0.15, -0.1) is 0 Å². The smallest absolute Gasteiger partial charge is 0.336 e. The topological polar surface area (TPSA) is 42.0 Å². The van der Waals surface area contributed by atoms with Crippen LogP contribution in [-0.4, -0.2) is 74.9 Å². The maximum atomic E-state index is 11.5. The first-order valence-electron chi connectivity index (χ1n) is 7.44. The van der Waals surface area contributed by atoms with Crippen LogP contribution >= 0.6 is 0 Å². The maximum absolute atomic E-state index is 11.5. The van der Waals surface area contributed by atoms with Crippen LogP contribution in [0.25, 0.3) is 0 Å². The van der Waals surface area contributed by atoms with Crippen molar-refractivity contribution in [2.45, 2.75) is 31.8 Å². The number of hydrogen-bond donors (Lipinski definition) is 0. The van der Waals surface area contributed by atoms with Crippen molar-refractivity contribution in [3.8, 4) is 0 Å². The Morgan fingerprint density at radius 1 is 1.16 bits per heavy atom. The second kappa shape index (κ2) is 7.82. The minimum absolute atomic E-state index is 0.249. The lowest BCUT2D eigenvalue weighted by Crippen LogP contribution is -2.47. The highest BCUT2D eigenvalue weighted by atomic mass is 16.6. The van der Waals surface area contributed by atoms with Gasteiger partial charge in [0.05, 0.1) is 13.7 Å². The fraction of sp³-hybridized carbons (Fsp3) is 0.929. The van der Waals surface area contributed by atoms with E-state index in [4.69, 9.17) is 9.47 Å². The van der Waals surface area contributed by atoms with Gasteiger partial charge in [0, 0.05) is 13.1 Å². The van der Waals surface area contributed by atoms with Gasteiger partial charge in [-0.3, -0.25) is 4.90 Å². The van der Waals surface area contributed by atoms with Crippen molar-refractivity contribution in [2.75, 3.05) is 53.0 Å². The molecule has 1 atom stereocenters. The van der Waals surface area contributed by atoms with Crippen LogP contribution in [0.3, 0.4) is 0 Å². The second-order valence-corrected chi connectivity index (χ2v) is 5.44. The van der Waals surface area contributed by atoms with Gasteiger partial charge in [0.25, 0.3) is 0 Å². The van der Waals surface area contributed by atoms with E-state index in [-0.39, 0.29) is 5.97 Å². The van der Waals surface area contributed by atoms with Crippen LogP contribution in [0.5, 0.6) is 0 Å². The number of likely N-dealkylation sites (tertiary alicyclic amines) is 1. The largest absolute Gasteiger partial charge is 0.467 e. The number of methoxy groups -OCH3 is 1. The Balaban J connectivity index is 1.63. The van der Waals surface area contributed by atoms with E-state index in [2.05, 4.69) is 9.80 Å². The molecule has 0 bridgehead atoms. The van der Waals surface area contributed by atoms with E-state index in [0.717, 1.165) is 13.1 Å². The predicted octanol–water partition coefficient (Wildman–Crippen LogP) is 0.736. The summed E-state index contributed by atoms with van der Waals surface area (Å²) in [6.07, 6.45) is 4.87. The van der Waals surface area contributed by atoms with Crippen molar-refractivity contribution in [3.63, 3.8) is 0 Å². The molecule has 2 heterocycles. The van der Waals surface area contributed by atoms with Crippen LogP contribution in [0.4, 0.5) is 0 Å². The standard InChI is InChI=1S/C14H26N2O3/c1-18-14(17)13-12-16(10-11-19-13)9-5-8-15-6-3-2-4-7-15/h13H,2-12H2,1H3. The molecule has 5 nitrogen and oxygen atoms in total. The van der Waals surface area contributed by atoms with E-state index in [1.807, 2.05) is 0 Å². The highest BCUT2D eigenvalue weighted by Crippen LogP contribution is 2.10. The van der Waals surface area contributed by atoms with Gasteiger partial charge in [0.1, 0.15) is 0 Å². The zero-order chi connectivity index (χ0) is 13.5. The first-order valence-corrected chi connectivity index (χ1v) is 7.44. The van der Waals surface area contributed by atoms with Gasteiger partial charge in [-0.2, -0.15) is 0 Å². The van der Waals surface area contributed by atoms with E-state index in [0.29, 0.717) is 13.2 Å². The summed E-state index contributed by atoms with van der Waals surface area (Å²) in [5, 5.41) is 0. The van der Waals surface area contributed by atoms with E-state index < -0.39 is 6.10 Å². The number of rotatable bonds is 5. The lowest BCUT2D eigenvalue weighted by atomic mass is 10.1. The van der Waals surface area contributed by atoms with Crippen molar-refractivity contribution < 1.29 is 14.3 Å². The minimum Gasteiger partial charge on any atom is -0.467 e. The molecule has 0 spiro atoms. The molecule has 1 unspecified atom stereocenters. The van der Waals surface area contributed by atoms with Gasteiger partial charge in [-0.25, -0.2) is 4.79 Å². The summed E-state index contributed by atoms with van der Waals surface area (Å²) in [5.41, 5.74) is 0. The molecule has 19 heavy (non-hydrogen) atoms. The van der Waals surface area contributed by atoms with Crippen molar-refractivity contribution in [1.82, 2.24) is 9.80 Å². The first kappa shape index (κ1) is 14.8. The minimum atomic E-state index is -0.395. The number of hydrogen-bond acceptors (Lipinski definition) is 5. The molecule has 0 aliphatic carbocycles. The maximum Gasteiger partial charge on any atom is 0.336 e. The number of piperidine rings is 1. The molecule has 5 heteroatoms. The van der Waals surface area contributed by atoms with Gasteiger partial charge < -0.3 is 14.4 Å². The van der Waals surface area contributed by atoms with E-state index in [1.165, 1.54) is 52.4 Å². The fourth-order valence-corrected chi connectivity index (χ4v) is 2.88. The number of esters is 1. The number of carbonyl (C=O) groups is 1. The molecule has 2 aliphatic rings. The average molecular weight is 270 g/mol. The van der Waals surface area contributed by atoms with Crippen molar-refractivity contribution >= 4 is 5.97 Å². The van der Waals surface area contributed by atoms with E-state index >= 15 is 0 Å². The molecular weight excluding hydrogens is 244 g/mol. The summed E-state index contributed by atoms with van der Waals surface area (Å²) < 4.78 is 10.2. The average Bonchev–Trinajstić information content (AvgIpc) is 2.48. The molecule has 0 aromatic carbocycles. The summed E-state index contributed by atoms with van der Waals surface area (Å²) in [5.74, 6) is -0.249. The molecule has 2 fully saturated rings. The van der Waals surface area contributed by atoms with Gasteiger partial charge in [-0.1, -0.05) is 6.42 Å². The van der Waals surface area contributed by atoms with Crippen molar-refractivity contribution in [2.24, 2.45) is 0 Å². The third-order valence-electron chi connectivity index (χ3n) is 4.01. The van der Waals surface area contributed by atoms with Crippen molar-refractivity contribution in [1.29, 1.82) is 0 Å². The Labute approximate surface area is 115 Å². The van der Waals surface area contributed by atoms with E-state index in [1.54, 1.807) is 0 Å². The predicted molar refractivity (Wildman–Crippen MR) is 73.1 cm³/mol.